The summed E-state index contributed by atoms with van der Waals surface area (Å²) in [5, 5.41) is 3.23. The summed E-state index contributed by atoms with van der Waals surface area (Å²) in [4.78, 5) is 13.6. The predicted molar refractivity (Wildman–Crippen MR) is 103 cm³/mol. The van der Waals surface area contributed by atoms with Gasteiger partial charge in [-0.1, -0.05) is 50.2 Å². The molecule has 0 spiro atoms. The summed E-state index contributed by atoms with van der Waals surface area (Å²) in [7, 11) is 0. The number of hydrogen-bond acceptors (Lipinski definition) is 3. The third-order valence-electron chi connectivity index (χ3n) is 4.93. The number of rotatable bonds is 6. The van der Waals surface area contributed by atoms with E-state index in [9.17, 15) is 4.79 Å². The van der Waals surface area contributed by atoms with E-state index in [0.717, 1.165) is 35.5 Å². The zero-order valence-corrected chi connectivity index (χ0v) is 15.6. The molecule has 0 radical (unpaired) electrons. The van der Waals surface area contributed by atoms with Crippen molar-refractivity contribution in [1.29, 1.82) is 0 Å². The van der Waals surface area contributed by atoms with Crippen molar-refractivity contribution >= 4 is 17.7 Å². The van der Waals surface area contributed by atoms with Gasteiger partial charge in [0, 0.05) is 16.9 Å². The van der Waals surface area contributed by atoms with Gasteiger partial charge in [0.15, 0.2) is 0 Å². The SMILES string of the molecule is CCC1(CC)CC(NC(=O)CSc2ccccc2)c2ccccc2O1. The average molecular weight is 356 g/mol. The van der Waals surface area contributed by atoms with Gasteiger partial charge in [-0.15, -0.1) is 11.8 Å². The summed E-state index contributed by atoms with van der Waals surface area (Å²) in [6, 6.07) is 18.1. The fraction of sp³-hybridized carbons (Fsp3) is 0.381. The maximum atomic E-state index is 12.5. The predicted octanol–water partition coefficient (Wildman–Crippen LogP) is 4.98. The van der Waals surface area contributed by atoms with Crippen molar-refractivity contribution in [2.75, 3.05) is 5.75 Å². The molecule has 0 aromatic heterocycles. The smallest absolute Gasteiger partial charge is 0.230 e. The maximum Gasteiger partial charge on any atom is 0.230 e. The van der Waals surface area contributed by atoms with Crippen LogP contribution < -0.4 is 10.1 Å². The maximum absolute atomic E-state index is 12.5. The minimum absolute atomic E-state index is 0.00808. The molecule has 132 valence electrons. The van der Waals surface area contributed by atoms with Crippen LogP contribution in [0.15, 0.2) is 59.5 Å². The summed E-state index contributed by atoms with van der Waals surface area (Å²) in [5.74, 6) is 1.39. The second-order valence-electron chi connectivity index (χ2n) is 6.46. The van der Waals surface area contributed by atoms with E-state index in [4.69, 9.17) is 4.74 Å². The Labute approximate surface area is 154 Å². The van der Waals surface area contributed by atoms with Gasteiger partial charge in [-0.25, -0.2) is 0 Å². The van der Waals surface area contributed by atoms with Gasteiger partial charge in [0.25, 0.3) is 0 Å². The minimum Gasteiger partial charge on any atom is -0.487 e. The second kappa shape index (κ2) is 7.96. The molecular formula is C21H25NO2S. The Morgan fingerprint density at radius 2 is 1.80 bits per heavy atom. The zero-order valence-electron chi connectivity index (χ0n) is 14.8. The number of para-hydroxylation sites is 1. The first kappa shape index (κ1) is 17.9. The first-order valence-corrected chi connectivity index (χ1v) is 9.89. The highest BCUT2D eigenvalue weighted by molar-refractivity contribution is 8.00. The lowest BCUT2D eigenvalue weighted by molar-refractivity contribution is -0.120. The molecule has 0 saturated heterocycles. The number of fused-ring (bicyclic) bond motifs is 1. The Hall–Kier alpha value is -1.94. The molecule has 0 saturated carbocycles. The van der Waals surface area contributed by atoms with Crippen molar-refractivity contribution in [3.05, 3.63) is 60.2 Å². The van der Waals surface area contributed by atoms with Crippen LogP contribution in [-0.2, 0) is 4.79 Å². The fourth-order valence-electron chi connectivity index (χ4n) is 3.33. The molecule has 1 N–H and O–H groups in total. The molecule has 1 heterocycles. The molecule has 1 atom stereocenters. The molecule has 3 nitrogen and oxygen atoms in total. The van der Waals surface area contributed by atoms with Crippen molar-refractivity contribution in [3.8, 4) is 5.75 Å². The van der Waals surface area contributed by atoms with Crippen LogP contribution >= 0.6 is 11.8 Å². The number of carbonyl (C=O) groups is 1. The van der Waals surface area contributed by atoms with Gasteiger partial charge in [-0.2, -0.15) is 0 Å². The van der Waals surface area contributed by atoms with Crippen LogP contribution in [0.4, 0.5) is 0 Å². The first-order chi connectivity index (χ1) is 12.2. The standard InChI is InChI=1S/C21H25NO2S/c1-3-21(4-2)14-18(17-12-8-9-13-19(17)24-21)22-20(23)15-25-16-10-6-5-7-11-16/h5-13,18H,3-4,14-15H2,1-2H3,(H,22,23). The minimum atomic E-state index is -0.196. The molecule has 0 fully saturated rings. The number of amides is 1. The van der Waals surface area contributed by atoms with Crippen molar-refractivity contribution in [2.24, 2.45) is 0 Å². The third-order valence-corrected chi connectivity index (χ3v) is 5.95. The van der Waals surface area contributed by atoms with Gasteiger partial charge in [-0.3, -0.25) is 4.79 Å². The molecule has 4 heteroatoms. The largest absolute Gasteiger partial charge is 0.487 e. The molecule has 0 bridgehead atoms. The monoisotopic (exact) mass is 355 g/mol. The van der Waals surface area contributed by atoms with E-state index in [0.29, 0.717) is 5.75 Å². The van der Waals surface area contributed by atoms with Gasteiger partial charge in [0.1, 0.15) is 11.4 Å². The van der Waals surface area contributed by atoms with Crippen LogP contribution in [0, 0.1) is 0 Å². The second-order valence-corrected chi connectivity index (χ2v) is 7.50. The Balaban J connectivity index is 1.70. The topological polar surface area (TPSA) is 38.3 Å². The number of nitrogens with one attached hydrogen (secondary N) is 1. The van der Waals surface area contributed by atoms with Crippen LogP contribution in [0.5, 0.6) is 5.75 Å². The van der Waals surface area contributed by atoms with E-state index in [1.54, 1.807) is 11.8 Å². The van der Waals surface area contributed by atoms with Crippen LogP contribution in [0.25, 0.3) is 0 Å². The van der Waals surface area contributed by atoms with Crippen LogP contribution in [0.1, 0.15) is 44.7 Å². The van der Waals surface area contributed by atoms with Crippen molar-refractivity contribution in [1.82, 2.24) is 5.32 Å². The molecule has 1 aliphatic rings. The number of hydrogen-bond donors (Lipinski definition) is 1. The summed E-state index contributed by atoms with van der Waals surface area (Å²) < 4.78 is 6.30. The van der Waals surface area contributed by atoms with E-state index in [-0.39, 0.29) is 17.6 Å². The third kappa shape index (κ3) is 4.18. The van der Waals surface area contributed by atoms with E-state index in [1.807, 2.05) is 48.5 Å². The fourth-order valence-corrected chi connectivity index (χ4v) is 4.06. The Morgan fingerprint density at radius 1 is 1.12 bits per heavy atom. The van der Waals surface area contributed by atoms with Crippen LogP contribution in [-0.4, -0.2) is 17.3 Å². The average Bonchev–Trinajstić information content (AvgIpc) is 2.67. The summed E-state index contributed by atoms with van der Waals surface area (Å²) in [6.07, 6.45) is 2.69. The van der Waals surface area contributed by atoms with Gasteiger partial charge in [0.05, 0.1) is 11.8 Å². The number of carbonyl (C=O) groups excluding carboxylic acids is 1. The summed E-state index contributed by atoms with van der Waals surface area (Å²) >= 11 is 1.57. The molecule has 25 heavy (non-hydrogen) atoms. The van der Waals surface area contributed by atoms with Crippen molar-refractivity contribution < 1.29 is 9.53 Å². The van der Waals surface area contributed by atoms with Gasteiger partial charge >= 0.3 is 0 Å². The van der Waals surface area contributed by atoms with Crippen LogP contribution in [0.2, 0.25) is 0 Å². The quantitative estimate of drug-likeness (QED) is 0.743. The van der Waals surface area contributed by atoms with E-state index >= 15 is 0 Å². The molecule has 2 aromatic rings. The highest BCUT2D eigenvalue weighted by Gasteiger charge is 2.38. The van der Waals surface area contributed by atoms with Gasteiger partial charge in [0.2, 0.25) is 5.91 Å². The first-order valence-electron chi connectivity index (χ1n) is 8.91. The normalized spacial score (nSPS) is 18.1. The molecule has 2 aromatic carbocycles. The highest BCUT2D eigenvalue weighted by Crippen LogP contribution is 2.42. The van der Waals surface area contributed by atoms with E-state index in [2.05, 4.69) is 25.2 Å². The molecular weight excluding hydrogens is 330 g/mol. The summed E-state index contributed by atoms with van der Waals surface area (Å²) in [5.41, 5.74) is 0.886. The summed E-state index contributed by atoms with van der Waals surface area (Å²) in [6.45, 7) is 4.31. The lowest BCUT2D eigenvalue weighted by atomic mass is 9.83. The Kier molecular flexibility index (Phi) is 5.69. The molecule has 1 aliphatic heterocycles. The Morgan fingerprint density at radius 3 is 2.52 bits per heavy atom. The zero-order chi connectivity index (χ0) is 17.7. The molecule has 1 amide bonds. The van der Waals surface area contributed by atoms with Gasteiger partial charge < -0.3 is 10.1 Å². The lowest BCUT2D eigenvalue weighted by Crippen LogP contribution is -2.44. The lowest BCUT2D eigenvalue weighted by Gasteiger charge is -2.41. The molecule has 1 unspecified atom stereocenters. The van der Waals surface area contributed by atoms with Crippen molar-refractivity contribution in [2.45, 2.75) is 49.6 Å². The highest BCUT2D eigenvalue weighted by atomic mass is 32.2. The van der Waals surface area contributed by atoms with Gasteiger partial charge in [-0.05, 0) is 31.0 Å². The molecule has 0 aliphatic carbocycles. The van der Waals surface area contributed by atoms with E-state index in [1.165, 1.54) is 0 Å². The van der Waals surface area contributed by atoms with Crippen molar-refractivity contribution in [3.63, 3.8) is 0 Å². The Bertz CT molecular complexity index is 713. The number of ether oxygens (including phenoxy) is 1. The number of benzene rings is 2. The van der Waals surface area contributed by atoms with Crippen LogP contribution in [0.3, 0.4) is 0 Å². The number of thioether (sulfide) groups is 1. The molecule has 3 rings (SSSR count). The van der Waals surface area contributed by atoms with E-state index < -0.39 is 0 Å².